The van der Waals surface area contributed by atoms with Crippen LogP contribution < -0.4 is 4.74 Å². The number of benzene rings is 3. The van der Waals surface area contributed by atoms with Gasteiger partial charge in [-0.3, -0.25) is 4.79 Å². The largest absolute Gasteiger partial charge is 0.508 e. The van der Waals surface area contributed by atoms with Crippen LogP contribution in [0.3, 0.4) is 0 Å². The third-order valence-electron chi connectivity index (χ3n) is 3.89. The highest BCUT2D eigenvalue weighted by Crippen LogP contribution is 2.43. The number of hydrogen-bond acceptors (Lipinski definition) is 3. The number of esters is 1. The van der Waals surface area contributed by atoms with Crippen LogP contribution in [0.25, 0.3) is 10.8 Å². The molecule has 3 aromatic rings. The first-order valence-electron chi connectivity index (χ1n) is 6.76. The predicted octanol–water partition coefficient (Wildman–Crippen LogP) is 3.60. The molecule has 0 saturated heterocycles. The molecule has 3 aromatic carbocycles. The number of hydrogen-bond donors (Lipinski definition) is 1. The van der Waals surface area contributed by atoms with Crippen molar-refractivity contribution in [3.63, 3.8) is 0 Å². The van der Waals surface area contributed by atoms with E-state index in [0.717, 1.165) is 21.9 Å². The molecule has 1 aliphatic heterocycles. The molecule has 1 N–H and O–H groups in total. The number of fused-ring (bicyclic) bond motifs is 3. The second kappa shape index (κ2) is 4.35. The van der Waals surface area contributed by atoms with Gasteiger partial charge in [0.05, 0.1) is 0 Å². The van der Waals surface area contributed by atoms with Crippen molar-refractivity contribution < 1.29 is 14.6 Å². The summed E-state index contributed by atoms with van der Waals surface area (Å²) >= 11 is 0. The Morgan fingerprint density at radius 3 is 2.48 bits per heavy atom. The second-order valence-corrected chi connectivity index (χ2v) is 5.14. The molecule has 102 valence electrons. The molecule has 0 fully saturated rings. The summed E-state index contributed by atoms with van der Waals surface area (Å²) in [6.45, 7) is 0. The first-order valence-corrected chi connectivity index (χ1v) is 6.76. The molecule has 3 heteroatoms. The molecule has 21 heavy (non-hydrogen) atoms. The summed E-state index contributed by atoms with van der Waals surface area (Å²) in [5, 5.41) is 11.5. The lowest BCUT2D eigenvalue weighted by Gasteiger charge is -2.10. The average Bonchev–Trinajstić information content (AvgIpc) is 2.85. The molecule has 3 nitrogen and oxygen atoms in total. The van der Waals surface area contributed by atoms with Gasteiger partial charge in [-0.25, -0.2) is 0 Å². The summed E-state index contributed by atoms with van der Waals surface area (Å²) in [5.74, 6) is 0.0961. The first-order chi connectivity index (χ1) is 10.2. The Kier molecular flexibility index (Phi) is 2.48. The zero-order chi connectivity index (χ0) is 14.4. The maximum atomic E-state index is 12.3. The Hall–Kier alpha value is -2.81. The van der Waals surface area contributed by atoms with Crippen LogP contribution in [0.1, 0.15) is 17.0 Å². The molecule has 0 spiro atoms. The van der Waals surface area contributed by atoms with Crippen molar-refractivity contribution in [1.29, 1.82) is 0 Å². The van der Waals surface area contributed by atoms with E-state index in [4.69, 9.17) is 4.74 Å². The molecule has 0 radical (unpaired) electrons. The molecule has 0 amide bonds. The smallest absolute Gasteiger partial charge is 0.323 e. The summed E-state index contributed by atoms with van der Waals surface area (Å²) in [6, 6.07) is 18.5. The van der Waals surface area contributed by atoms with E-state index in [-0.39, 0.29) is 11.7 Å². The zero-order valence-electron chi connectivity index (χ0n) is 11.1. The standard InChI is InChI=1S/C18H12O3/c19-13-8-5-12(6-9-13)16-17-14-4-2-1-3-11(14)7-10-15(17)21-18(16)20/h1-10,16,19H. The van der Waals surface area contributed by atoms with Crippen LogP contribution in [0.4, 0.5) is 0 Å². The van der Waals surface area contributed by atoms with Crippen LogP contribution in [0.2, 0.25) is 0 Å². The van der Waals surface area contributed by atoms with Gasteiger partial charge >= 0.3 is 5.97 Å². The summed E-state index contributed by atoms with van der Waals surface area (Å²) in [7, 11) is 0. The van der Waals surface area contributed by atoms with Gasteiger partial charge in [-0.1, -0.05) is 42.5 Å². The van der Waals surface area contributed by atoms with E-state index < -0.39 is 5.92 Å². The molecular formula is C18H12O3. The van der Waals surface area contributed by atoms with Crippen LogP contribution in [0.5, 0.6) is 11.5 Å². The van der Waals surface area contributed by atoms with Crippen molar-refractivity contribution in [3.05, 3.63) is 71.8 Å². The van der Waals surface area contributed by atoms with Crippen LogP contribution in [-0.4, -0.2) is 11.1 Å². The molecule has 0 aromatic heterocycles. The number of phenols is 1. The fourth-order valence-corrected chi connectivity index (χ4v) is 2.92. The van der Waals surface area contributed by atoms with E-state index >= 15 is 0 Å². The topological polar surface area (TPSA) is 46.5 Å². The molecule has 0 aliphatic carbocycles. The monoisotopic (exact) mass is 276 g/mol. The highest BCUT2D eigenvalue weighted by atomic mass is 16.5. The van der Waals surface area contributed by atoms with E-state index in [2.05, 4.69) is 0 Å². The quantitative estimate of drug-likeness (QED) is 0.545. The van der Waals surface area contributed by atoms with Crippen molar-refractivity contribution in [2.45, 2.75) is 5.92 Å². The SMILES string of the molecule is O=C1Oc2ccc3ccccc3c2C1c1ccc(O)cc1. The predicted molar refractivity (Wildman–Crippen MR) is 79.5 cm³/mol. The number of carbonyl (C=O) groups excluding carboxylic acids is 1. The zero-order valence-corrected chi connectivity index (χ0v) is 11.1. The molecule has 0 saturated carbocycles. The van der Waals surface area contributed by atoms with E-state index in [9.17, 15) is 9.90 Å². The summed E-state index contributed by atoms with van der Waals surface area (Å²) in [6.07, 6.45) is 0. The fraction of sp³-hybridized carbons (Fsp3) is 0.0556. The van der Waals surface area contributed by atoms with Crippen molar-refractivity contribution >= 4 is 16.7 Å². The maximum absolute atomic E-state index is 12.3. The van der Waals surface area contributed by atoms with Gasteiger partial charge in [0.1, 0.15) is 17.4 Å². The maximum Gasteiger partial charge on any atom is 0.323 e. The highest BCUT2D eigenvalue weighted by molar-refractivity contribution is 5.99. The van der Waals surface area contributed by atoms with Crippen LogP contribution in [0.15, 0.2) is 60.7 Å². The number of carbonyl (C=O) groups is 1. The Balaban J connectivity index is 1.98. The van der Waals surface area contributed by atoms with Gasteiger partial charge in [0.15, 0.2) is 0 Å². The van der Waals surface area contributed by atoms with Gasteiger partial charge in [0, 0.05) is 5.56 Å². The molecule has 1 heterocycles. The number of phenolic OH excluding ortho intramolecular Hbond substituents is 1. The first kappa shape index (κ1) is 12.0. The third-order valence-corrected chi connectivity index (χ3v) is 3.89. The van der Waals surface area contributed by atoms with Crippen molar-refractivity contribution in [2.75, 3.05) is 0 Å². The normalized spacial score (nSPS) is 16.8. The summed E-state index contributed by atoms with van der Waals surface area (Å²) < 4.78 is 5.41. The summed E-state index contributed by atoms with van der Waals surface area (Å²) in [4.78, 5) is 12.3. The Bertz CT molecular complexity index is 850. The molecule has 1 atom stereocenters. The lowest BCUT2D eigenvalue weighted by atomic mass is 9.89. The van der Waals surface area contributed by atoms with Crippen LogP contribution >= 0.6 is 0 Å². The molecule has 1 unspecified atom stereocenters. The molecule has 4 rings (SSSR count). The van der Waals surface area contributed by atoms with Gasteiger partial charge in [-0.2, -0.15) is 0 Å². The minimum atomic E-state index is -0.438. The van der Waals surface area contributed by atoms with E-state index in [1.54, 1.807) is 24.3 Å². The highest BCUT2D eigenvalue weighted by Gasteiger charge is 2.35. The van der Waals surface area contributed by atoms with Gasteiger partial charge in [0.25, 0.3) is 0 Å². The minimum Gasteiger partial charge on any atom is -0.508 e. The second-order valence-electron chi connectivity index (χ2n) is 5.14. The van der Waals surface area contributed by atoms with E-state index in [1.165, 1.54) is 0 Å². The van der Waals surface area contributed by atoms with Gasteiger partial charge in [0.2, 0.25) is 0 Å². The third kappa shape index (κ3) is 1.78. The van der Waals surface area contributed by atoms with E-state index in [1.807, 2.05) is 36.4 Å². The Labute approximate surface area is 121 Å². The number of aromatic hydroxyl groups is 1. The Morgan fingerprint density at radius 2 is 1.67 bits per heavy atom. The fourth-order valence-electron chi connectivity index (χ4n) is 2.92. The lowest BCUT2D eigenvalue weighted by molar-refractivity contribution is -0.133. The van der Waals surface area contributed by atoms with E-state index in [0.29, 0.717) is 5.75 Å². The average molecular weight is 276 g/mol. The molecule has 1 aliphatic rings. The molecule has 0 bridgehead atoms. The number of rotatable bonds is 1. The van der Waals surface area contributed by atoms with Gasteiger partial charge in [-0.15, -0.1) is 0 Å². The van der Waals surface area contributed by atoms with Crippen LogP contribution in [-0.2, 0) is 4.79 Å². The van der Waals surface area contributed by atoms with Crippen LogP contribution in [0, 0.1) is 0 Å². The van der Waals surface area contributed by atoms with Crippen molar-refractivity contribution in [3.8, 4) is 11.5 Å². The number of ether oxygens (including phenoxy) is 1. The van der Waals surface area contributed by atoms with Crippen molar-refractivity contribution in [2.24, 2.45) is 0 Å². The summed E-state index contributed by atoms with van der Waals surface area (Å²) in [5.41, 5.74) is 1.73. The van der Waals surface area contributed by atoms with Crippen molar-refractivity contribution in [1.82, 2.24) is 0 Å². The minimum absolute atomic E-state index is 0.184. The van der Waals surface area contributed by atoms with Gasteiger partial charge < -0.3 is 9.84 Å². The molecular weight excluding hydrogens is 264 g/mol. The van der Waals surface area contributed by atoms with Gasteiger partial charge in [-0.05, 0) is 34.5 Å². The lowest BCUT2D eigenvalue weighted by Crippen LogP contribution is -2.11. The Morgan fingerprint density at radius 1 is 0.905 bits per heavy atom.